The number of rotatable bonds is 5. The van der Waals surface area contributed by atoms with Crippen LogP contribution in [0.25, 0.3) is 0 Å². The summed E-state index contributed by atoms with van der Waals surface area (Å²) in [5.74, 6) is -0.186. The van der Waals surface area contributed by atoms with Crippen molar-refractivity contribution in [3.63, 3.8) is 0 Å². The van der Waals surface area contributed by atoms with Gasteiger partial charge in [0.2, 0.25) is 0 Å². The van der Waals surface area contributed by atoms with Crippen LogP contribution in [0.15, 0.2) is 22.7 Å². The van der Waals surface area contributed by atoms with Gasteiger partial charge < -0.3 is 15.2 Å². The molecule has 4 nitrogen and oxygen atoms in total. The first-order chi connectivity index (χ1) is 7.58. The zero-order valence-electron chi connectivity index (χ0n) is 9.16. The molecule has 0 fully saturated rings. The summed E-state index contributed by atoms with van der Waals surface area (Å²) in [4.78, 5) is 10.9. The van der Waals surface area contributed by atoms with Crippen LogP contribution in [0.2, 0.25) is 0 Å². The van der Waals surface area contributed by atoms with E-state index in [1.165, 1.54) is 0 Å². The lowest BCUT2D eigenvalue weighted by atomic mass is 10.2. The maximum absolute atomic E-state index is 10.9. The monoisotopic (exact) mass is 287 g/mol. The molecule has 0 amide bonds. The summed E-state index contributed by atoms with van der Waals surface area (Å²) in [5, 5.41) is 11.8. The van der Waals surface area contributed by atoms with Crippen LogP contribution < -0.4 is 10.1 Å². The molecule has 0 radical (unpaired) electrons. The fourth-order valence-electron chi connectivity index (χ4n) is 1.29. The Morgan fingerprint density at radius 2 is 2.31 bits per heavy atom. The molecule has 0 spiro atoms. The number of hydrogen-bond donors (Lipinski definition) is 2. The van der Waals surface area contributed by atoms with E-state index in [9.17, 15) is 4.79 Å². The van der Waals surface area contributed by atoms with Gasteiger partial charge in [-0.3, -0.25) is 0 Å². The average Bonchev–Trinajstić information content (AvgIpc) is 2.27. The molecule has 88 valence electrons. The van der Waals surface area contributed by atoms with E-state index in [0.29, 0.717) is 12.2 Å². The van der Waals surface area contributed by atoms with Crippen molar-refractivity contribution in [3.8, 4) is 5.75 Å². The lowest BCUT2D eigenvalue weighted by Crippen LogP contribution is -2.28. The summed E-state index contributed by atoms with van der Waals surface area (Å²) in [7, 11) is 1.57. The van der Waals surface area contributed by atoms with E-state index in [1.54, 1.807) is 19.2 Å². The molecule has 0 saturated carbocycles. The first-order valence-electron chi connectivity index (χ1n) is 4.91. The molecule has 1 aromatic rings. The van der Waals surface area contributed by atoms with E-state index in [-0.39, 0.29) is 0 Å². The largest absolute Gasteiger partial charge is 0.495 e. The van der Waals surface area contributed by atoms with Crippen LogP contribution in [0.1, 0.15) is 13.3 Å². The van der Waals surface area contributed by atoms with Gasteiger partial charge in [0.15, 0.2) is 0 Å². The van der Waals surface area contributed by atoms with Gasteiger partial charge in [0.25, 0.3) is 0 Å². The third-order valence-corrected chi connectivity index (χ3v) is 2.85. The van der Waals surface area contributed by atoms with Gasteiger partial charge in [-0.15, -0.1) is 0 Å². The molecular formula is C11H14BrNO3. The summed E-state index contributed by atoms with van der Waals surface area (Å²) in [6.45, 7) is 1.82. The number of benzene rings is 1. The number of aliphatic carboxylic acids is 1. The predicted molar refractivity (Wildman–Crippen MR) is 66.0 cm³/mol. The highest BCUT2D eigenvalue weighted by Crippen LogP contribution is 2.28. The summed E-state index contributed by atoms with van der Waals surface area (Å²) in [6.07, 6.45) is 0.522. The van der Waals surface area contributed by atoms with Crippen LogP contribution in [0, 0.1) is 0 Å². The SMILES string of the molecule is CCC(Nc1ccc(Br)c(OC)c1)C(=O)O. The van der Waals surface area contributed by atoms with E-state index in [4.69, 9.17) is 9.84 Å². The van der Waals surface area contributed by atoms with Gasteiger partial charge >= 0.3 is 5.97 Å². The molecule has 0 aromatic heterocycles. The summed E-state index contributed by atoms with van der Waals surface area (Å²) < 4.78 is 5.96. The van der Waals surface area contributed by atoms with Crippen LogP contribution in [-0.2, 0) is 4.79 Å². The Balaban J connectivity index is 2.84. The lowest BCUT2D eigenvalue weighted by Gasteiger charge is -2.14. The van der Waals surface area contributed by atoms with Crippen molar-refractivity contribution >= 4 is 27.6 Å². The number of carbonyl (C=O) groups is 1. The van der Waals surface area contributed by atoms with Crippen LogP contribution >= 0.6 is 15.9 Å². The average molecular weight is 288 g/mol. The van der Waals surface area contributed by atoms with Gasteiger partial charge in [-0.25, -0.2) is 4.79 Å². The molecule has 16 heavy (non-hydrogen) atoms. The minimum atomic E-state index is -0.857. The fourth-order valence-corrected chi connectivity index (χ4v) is 1.70. The molecule has 0 bridgehead atoms. The molecule has 0 heterocycles. The van der Waals surface area contributed by atoms with Crippen molar-refractivity contribution in [2.45, 2.75) is 19.4 Å². The van der Waals surface area contributed by atoms with Crippen molar-refractivity contribution in [1.29, 1.82) is 0 Å². The molecule has 0 aliphatic carbocycles. The first-order valence-corrected chi connectivity index (χ1v) is 5.70. The van der Waals surface area contributed by atoms with Crippen molar-refractivity contribution in [3.05, 3.63) is 22.7 Å². The van der Waals surface area contributed by atoms with Crippen LogP contribution in [0.3, 0.4) is 0 Å². The fraction of sp³-hybridized carbons (Fsp3) is 0.364. The number of anilines is 1. The summed E-state index contributed by atoms with van der Waals surface area (Å²) in [5.41, 5.74) is 0.731. The summed E-state index contributed by atoms with van der Waals surface area (Å²) >= 11 is 3.33. The Labute approximate surface area is 103 Å². The molecule has 0 saturated heterocycles. The van der Waals surface area contributed by atoms with E-state index in [0.717, 1.165) is 10.2 Å². The van der Waals surface area contributed by atoms with E-state index in [2.05, 4.69) is 21.2 Å². The van der Waals surface area contributed by atoms with Gasteiger partial charge in [0.1, 0.15) is 11.8 Å². The van der Waals surface area contributed by atoms with Gasteiger partial charge in [0, 0.05) is 11.8 Å². The van der Waals surface area contributed by atoms with Crippen molar-refractivity contribution in [2.24, 2.45) is 0 Å². The maximum atomic E-state index is 10.9. The smallest absolute Gasteiger partial charge is 0.326 e. The van der Waals surface area contributed by atoms with Gasteiger partial charge in [0.05, 0.1) is 11.6 Å². The lowest BCUT2D eigenvalue weighted by molar-refractivity contribution is -0.137. The Morgan fingerprint density at radius 3 is 2.81 bits per heavy atom. The van der Waals surface area contributed by atoms with Crippen molar-refractivity contribution < 1.29 is 14.6 Å². The standard InChI is InChI=1S/C11H14BrNO3/c1-3-9(11(14)15)13-7-4-5-8(12)10(6-7)16-2/h4-6,9,13H,3H2,1-2H3,(H,14,15). The third-order valence-electron chi connectivity index (χ3n) is 2.20. The predicted octanol–water partition coefficient (Wildman–Crippen LogP) is 2.73. The highest BCUT2D eigenvalue weighted by atomic mass is 79.9. The molecule has 1 rings (SSSR count). The second kappa shape index (κ2) is 5.75. The molecule has 0 aliphatic heterocycles. The first kappa shape index (κ1) is 12.8. The summed E-state index contributed by atoms with van der Waals surface area (Å²) in [6, 6.07) is 4.80. The topological polar surface area (TPSA) is 58.6 Å². The number of ether oxygens (including phenoxy) is 1. The maximum Gasteiger partial charge on any atom is 0.326 e. The van der Waals surface area contributed by atoms with Crippen LogP contribution in [-0.4, -0.2) is 24.2 Å². The van der Waals surface area contributed by atoms with E-state index in [1.807, 2.05) is 13.0 Å². The van der Waals surface area contributed by atoms with E-state index >= 15 is 0 Å². The number of carboxylic acid groups (broad SMARTS) is 1. The van der Waals surface area contributed by atoms with Crippen LogP contribution in [0.5, 0.6) is 5.75 Å². The minimum absolute atomic E-state index is 0.522. The van der Waals surface area contributed by atoms with Gasteiger partial charge in [-0.2, -0.15) is 0 Å². The number of halogens is 1. The molecule has 0 aliphatic rings. The Morgan fingerprint density at radius 1 is 1.62 bits per heavy atom. The van der Waals surface area contributed by atoms with Gasteiger partial charge in [-0.05, 0) is 34.5 Å². The molecule has 2 N–H and O–H groups in total. The quantitative estimate of drug-likeness (QED) is 0.874. The number of hydrogen-bond acceptors (Lipinski definition) is 3. The van der Waals surface area contributed by atoms with Crippen molar-refractivity contribution in [2.75, 3.05) is 12.4 Å². The highest BCUT2D eigenvalue weighted by Gasteiger charge is 2.14. The zero-order chi connectivity index (χ0) is 12.1. The highest BCUT2D eigenvalue weighted by molar-refractivity contribution is 9.10. The minimum Gasteiger partial charge on any atom is -0.495 e. The number of nitrogens with one attached hydrogen (secondary N) is 1. The normalized spacial score (nSPS) is 11.9. The molecule has 1 atom stereocenters. The molecular weight excluding hydrogens is 274 g/mol. The molecule has 1 unspecified atom stereocenters. The molecule has 1 aromatic carbocycles. The van der Waals surface area contributed by atoms with Gasteiger partial charge in [-0.1, -0.05) is 6.92 Å². The Bertz CT molecular complexity index is 381. The Kier molecular flexibility index (Phi) is 4.61. The number of carboxylic acids is 1. The second-order valence-electron chi connectivity index (χ2n) is 3.29. The second-order valence-corrected chi connectivity index (χ2v) is 4.15. The van der Waals surface area contributed by atoms with Crippen molar-refractivity contribution in [1.82, 2.24) is 0 Å². The van der Waals surface area contributed by atoms with Crippen LogP contribution in [0.4, 0.5) is 5.69 Å². The zero-order valence-corrected chi connectivity index (χ0v) is 10.7. The third kappa shape index (κ3) is 3.13. The van der Waals surface area contributed by atoms with E-state index < -0.39 is 12.0 Å². The number of methoxy groups -OCH3 is 1. The Hall–Kier alpha value is -1.23. The molecule has 5 heteroatoms.